The van der Waals surface area contributed by atoms with E-state index in [-0.39, 0.29) is 22.5 Å². The summed E-state index contributed by atoms with van der Waals surface area (Å²) < 4.78 is 11.0. The molecule has 10 nitrogen and oxygen atoms in total. The molecule has 0 bridgehead atoms. The molecule has 0 unspecified atom stereocenters. The lowest BCUT2D eigenvalue weighted by Gasteiger charge is -2.25. The number of nitrogens with zero attached hydrogens (tertiary/aromatic N) is 4. The van der Waals surface area contributed by atoms with Gasteiger partial charge in [-0.2, -0.15) is 0 Å². The number of nitro groups is 2. The molecule has 0 amide bonds. The highest BCUT2D eigenvalue weighted by molar-refractivity contribution is 5.84. The molecule has 292 valence electrons. The third-order valence-corrected chi connectivity index (χ3v) is 9.55. The Labute approximate surface area is 342 Å². The van der Waals surface area contributed by atoms with Crippen LogP contribution in [0.4, 0.5) is 45.5 Å². The van der Waals surface area contributed by atoms with E-state index >= 15 is 0 Å². The third-order valence-electron chi connectivity index (χ3n) is 9.55. The Bertz CT molecular complexity index is 2580. The maximum atomic E-state index is 12.3. The minimum absolute atomic E-state index is 0.117. The second-order valence-electron chi connectivity index (χ2n) is 13.3. The molecule has 0 N–H and O–H groups in total. The Morgan fingerprint density at radius 2 is 0.814 bits per heavy atom. The van der Waals surface area contributed by atoms with Gasteiger partial charge >= 0.3 is 0 Å². The molecular formula is C49H40N4O6. The fourth-order valence-electron chi connectivity index (χ4n) is 6.67. The molecular weight excluding hydrogens is 741 g/mol. The van der Waals surface area contributed by atoms with Gasteiger partial charge in [0.1, 0.15) is 11.5 Å². The number of anilines is 6. The largest absolute Gasteiger partial charge is 0.497 e. The zero-order chi connectivity index (χ0) is 41.1. The fraction of sp³-hybridized carbons (Fsp3) is 0.0612. The Morgan fingerprint density at radius 1 is 0.475 bits per heavy atom. The highest BCUT2D eigenvalue weighted by Crippen LogP contribution is 2.38. The zero-order valence-electron chi connectivity index (χ0n) is 32.4. The second kappa shape index (κ2) is 18.3. The van der Waals surface area contributed by atoms with Gasteiger partial charge in [0.2, 0.25) is 0 Å². The maximum Gasteiger partial charge on any atom is 0.277 e. The summed E-state index contributed by atoms with van der Waals surface area (Å²) in [7, 11) is 1.63. The molecule has 0 saturated carbocycles. The molecule has 59 heavy (non-hydrogen) atoms. The lowest BCUT2D eigenvalue weighted by atomic mass is 10.0. The van der Waals surface area contributed by atoms with E-state index in [0.717, 1.165) is 56.8 Å². The van der Waals surface area contributed by atoms with E-state index in [9.17, 15) is 20.2 Å². The van der Waals surface area contributed by atoms with Crippen molar-refractivity contribution in [2.45, 2.75) is 6.92 Å². The van der Waals surface area contributed by atoms with Crippen LogP contribution in [0.3, 0.4) is 0 Å². The van der Waals surface area contributed by atoms with Crippen LogP contribution in [0.15, 0.2) is 170 Å². The Hall–Kier alpha value is -7.98. The van der Waals surface area contributed by atoms with Gasteiger partial charge in [-0.25, -0.2) is 0 Å². The summed E-state index contributed by atoms with van der Waals surface area (Å²) in [5.74, 6) is 1.53. The van der Waals surface area contributed by atoms with E-state index in [0.29, 0.717) is 6.61 Å². The normalized spacial score (nSPS) is 11.1. The van der Waals surface area contributed by atoms with Crippen LogP contribution < -0.4 is 19.3 Å². The summed E-state index contributed by atoms with van der Waals surface area (Å²) >= 11 is 0. The standard InChI is InChI=1S/C49H40N4O6/c1-3-59-47-32-28-45(29-33-47)51(41-12-8-5-9-13-41)43-24-18-37(19-25-43)15-21-39-35-48(52(54)55)38(34-49(39)53(56)57)20-14-36-16-22-42(23-17-36)50(40-10-6-4-7-11-40)44-26-30-46(58-2)31-27-44/h4-35H,3H2,1-2H3/b20-14-,21-15-. The summed E-state index contributed by atoms with van der Waals surface area (Å²) in [5.41, 5.74) is 6.86. The molecule has 0 atom stereocenters. The summed E-state index contributed by atoms with van der Waals surface area (Å²) in [6.07, 6.45) is 6.49. The SMILES string of the molecule is CCOc1ccc(N(c2ccccc2)c2ccc(/C=C\c3cc([N+](=O)[O-])c(/C=C\c4ccc(N(c5ccccc5)c5ccc(OC)cc5)cc4)cc3[N+](=O)[O-])cc2)cc1. The number of nitro benzene ring substituents is 2. The predicted molar refractivity (Wildman–Crippen MR) is 238 cm³/mol. The molecule has 0 aliphatic carbocycles. The van der Waals surface area contributed by atoms with E-state index in [1.807, 2.05) is 165 Å². The quantitative estimate of drug-likeness (QED) is 0.0574. The number of benzene rings is 7. The molecule has 7 aromatic rings. The molecule has 0 saturated heterocycles. The molecule has 0 aromatic heterocycles. The van der Waals surface area contributed by atoms with Crippen LogP contribution in [-0.4, -0.2) is 23.6 Å². The van der Waals surface area contributed by atoms with Crippen molar-refractivity contribution in [1.82, 2.24) is 0 Å². The monoisotopic (exact) mass is 780 g/mol. The highest BCUT2D eigenvalue weighted by atomic mass is 16.6. The number of methoxy groups -OCH3 is 1. The summed E-state index contributed by atoms with van der Waals surface area (Å²) in [6, 6.07) is 53.4. The average Bonchev–Trinajstić information content (AvgIpc) is 3.27. The van der Waals surface area contributed by atoms with Crippen molar-refractivity contribution in [3.05, 3.63) is 212 Å². The number of hydrogen-bond acceptors (Lipinski definition) is 8. The van der Waals surface area contributed by atoms with Crippen LogP contribution in [0.2, 0.25) is 0 Å². The van der Waals surface area contributed by atoms with Crippen molar-refractivity contribution < 1.29 is 19.3 Å². The number of rotatable bonds is 15. The number of para-hydroxylation sites is 2. The third kappa shape index (κ3) is 9.36. The summed E-state index contributed by atoms with van der Waals surface area (Å²) in [4.78, 5) is 27.8. The minimum atomic E-state index is -0.524. The molecule has 0 radical (unpaired) electrons. The van der Waals surface area contributed by atoms with Gasteiger partial charge in [0.05, 0.1) is 34.7 Å². The Kier molecular flexibility index (Phi) is 12.2. The fourth-order valence-corrected chi connectivity index (χ4v) is 6.67. The number of ether oxygens (including phenoxy) is 2. The van der Waals surface area contributed by atoms with Gasteiger partial charge in [0.15, 0.2) is 0 Å². The van der Waals surface area contributed by atoms with Crippen molar-refractivity contribution >= 4 is 69.8 Å². The van der Waals surface area contributed by atoms with Crippen LogP contribution >= 0.6 is 0 Å². The molecule has 10 heteroatoms. The predicted octanol–water partition coefficient (Wildman–Crippen LogP) is 13.2. The van der Waals surface area contributed by atoms with Gasteiger partial charge in [-0.3, -0.25) is 20.2 Å². The molecule has 7 aromatic carbocycles. The molecule has 7 rings (SSSR count). The van der Waals surface area contributed by atoms with Gasteiger partial charge in [0, 0.05) is 46.3 Å². The summed E-state index contributed by atoms with van der Waals surface area (Å²) in [5, 5.41) is 24.6. The first kappa shape index (κ1) is 39.3. The van der Waals surface area contributed by atoms with E-state index in [4.69, 9.17) is 9.47 Å². The Balaban J connectivity index is 1.13. The molecule has 0 spiro atoms. The average molecular weight is 781 g/mol. The molecule has 0 fully saturated rings. The molecule has 0 aliphatic rings. The molecule has 0 aliphatic heterocycles. The maximum absolute atomic E-state index is 12.3. The number of hydrogen-bond donors (Lipinski definition) is 0. The van der Waals surface area contributed by atoms with Gasteiger partial charge in [-0.1, -0.05) is 72.8 Å². The van der Waals surface area contributed by atoms with Crippen molar-refractivity contribution in [2.24, 2.45) is 0 Å². The smallest absolute Gasteiger partial charge is 0.277 e. The van der Waals surface area contributed by atoms with Gasteiger partial charge in [-0.15, -0.1) is 0 Å². The first-order chi connectivity index (χ1) is 28.8. The zero-order valence-corrected chi connectivity index (χ0v) is 32.4. The van der Waals surface area contributed by atoms with Crippen LogP contribution in [0.5, 0.6) is 11.5 Å². The minimum Gasteiger partial charge on any atom is -0.497 e. The van der Waals surface area contributed by atoms with Crippen LogP contribution in [0, 0.1) is 20.2 Å². The van der Waals surface area contributed by atoms with Crippen molar-refractivity contribution in [3.8, 4) is 11.5 Å². The van der Waals surface area contributed by atoms with Crippen LogP contribution in [0.25, 0.3) is 24.3 Å². The van der Waals surface area contributed by atoms with Gasteiger partial charge in [-0.05, 0) is 127 Å². The van der Waals surface area contributed by atoms with Crippen LogP contribution in [0.1, 0.15) is 29.2 Å². The second-order valence-corrected chi connectivity index (χ2v) is 13.3. The lowest BCUT2D eigenvalue weighted by Crippen LogP contribution is -2.09. The first-order valence-electron chi connectivity index (χ1n) is 18.9. The van der Waals surface area contributed by atoms with Crippen molar-refractivity contribution in [2.75, 3.05) is 23.5 Å². The molecule has 0 heterocycles. The van der Waals surface area contributed by atoms with Gasteiger partial charge < -0.3 is 19.3 Å². The first-order valence-corrected chi connectivity index (χ1v) is 18.9. The van der Waals surface area contributed by atoms with Crippen molar-refractivity contribution in [1.29, 1.82) is 0 Å². The van der Waals surface area contributed by atoms with Gasteiger partial charge in [0.25, 0.3) is 11.4 Å². The van der Waals surface area contributed by atoms with Crippen LogP contribution in [-0.2, 0) is 0 Å². The lowest BCUT2D eigenvalue weighted by molar-refractivity contribution is -0.389. The van der Waals surface area contributed by atoms with E-state index < -0.39 is 9.85 Å². The van der Waals surface area contributed by atoms with E-state index in [1.54, 1.807) is 19.3 Å². The highest BCUT2D eigenvalue weighted by Gasteiger charge is 2.22. The topological polar surface area (TPSA) is 111 Å². The van der Waals surface area contributed by atoms with E-state index in [2.05, 4.69) is 9.80 Å². The van der Waals surface area contributed by atoms with Crippen molar-refractivity contribution in [3.63, 3.8) is 0 Å². The summed E-state index contributed by atoms with van der Waals surface area (Å²) in [6.45, 7) is 2.52. The Morgan fingerprint density at radius 3 is 1.15 bits per heavy atom. The van der Waals surface area contributed by atoms with E-state index in [1.165, 1.54) is 24.3 Å².